The standard InChI is InChI=1S/C24H23FN4O2/c1-15-21(16-7-5-4-6-8-16)22-27-19(13-20(30)29(22)28-15)23(31)26-14-24(2,3)17-9-11-18(25)12-10-17/h4-13,28H,14H2,1-3H3,(H,26,31). The summed E-state index contributed by atoms with van der Waals surface area (Å²) in [7, 11) is 0. The summed E-state index contributed by atoms with van der Waals surface area (Å²) in [5.41, 5.74) is 3.02. The second-order valence-corrected chi connectivity index (χ2v) is 8.19. The highest BCUT2D eigenvalue weighted by Crippen LogP contribution is 2.26. The number of H-pyrrole nitrogens is 1. The van der Waals surface area contributed by atoms with Crippen molar-refractivity contribution in [2.45, 2.75) is 26.2 Å². The lowest BCUT2D eigenvalue weighted by molar-refractivity contribution is 0.0940. The van der Waals surface area contributed by atoms with Crippen LogP contribution in [0.2, 0.25) is 0 Å². The van der Waals surface area contributed by atoms with Crippen molar-refractivity contribution in [2.75, 3.05) is 6.54 Å². The molecule has 0 atom stereocenters. The first-order valence-corrected chi connectivity index (χ1v) is 9.98. The molecule has 4 rings (SSSR count). The predicted octanol–water partition coefficient (Wildman–Crippen LogP) is 3.84. The van der Waals surface area contributed by atoms with E-state index in [1.165, 1.54) is 22.7 Å². The van der Waals surface area contributed by atoms with E-state index in [-0.39, 0.29) is 17.1 Å². The number of aromatic nitrogens is 3. The third kappa shape index (κ3) is 3.99. The first kappa shape index (κ1) is 20.5. The second kappa shape index (κ2) is 7.83. The first-order chi connectivity index (χ1) is 14.8. The number of rotatable bonds is 5. The van der Waals surface area contributed by atoms with Gasteiger partial charge >= 0.3 is 0 Å². The minimum Gasteiger partial charge on any atom is -0.350 e. The van der Waals surface area contributed by atoms with E-state index in [0.29, 0.717) is 12.2 Å². The van der Waals surface area contributed by atoms with Crippen LogP contribution in [0.1, 0.15) is 35.6 Å². The van der Waals surface area contributed by atoms with Crippen LogP contribution >= 0.6 is 0 Å². The highest BCUT2D eigenvalue weighted by molar-refractivity contribution is 5.93. The van der Waals surface area contributed by atoms with Crippen molar-refractivity contribution in [3.63, 3.8) is 0 Å². The van der Waals surface area contributed by atoms with Gasteiger partial charge in [0.05, 0.1) is 0 Å². The van der Waals surface area contributed by atoms with Crippen LogP contribution in [0.3, 0.4) is 0 Å². The van der Waals surface area contributed by atoms with Gasteiger partial charge in [0.2, 0.25) is 0 Å². The minimum atomic E-state index is -0.437. The normalized spacial score (nSPS) is 11.6. The van der Waals surface area contributed by atoms with E-state index in [0.717, 1.165) is 22.4 Å². The number of halogens is 1. The number of carbonyl (C=O) groups is 1. The smallest absolute Gasteiger partial charge is 0.273 e. The van der Waals surface area contributed by atoms with Crippen LogP contribution in [-0.2, 0) is 5.41 Å². The topological polar surface area (TPSA) is 79.3 Å². The summed E-state index contributed by atoms with van der Waals surface area (Å²) in [6.07, 6.45) is 0. The van der Waals surface area contributed by atoms with Gasteiger partial charge in [0.1, 0.15) is 11.5 Å². The lowest BCUT2D eigenvalue weighted by Crippen LogP contribution is -2.37. The molecular weight excluding hydrogens is 395 g/mol. The maximum atomic E-state index is 13.2. The molecule has 0 radical (unpaired) electrons. The van der Waals surface area contributed by atoms with E-state index in [9.17, 15) is 14.0 Å². The van der Waals surface area contributed by atoms with Gasteiger partial charge < -0.3 is 5.32 Å². The zero-order valence-electron chi connectivity index (χ0n) is 17.6. The fourth-order valence-corrected chi connectivity index (χ4v) is 3.61. The summed E-state index contributed by atoms with van der Waals surface area (Å²) < 4.78 is 14.6. The number of nitrogens with zero attached hydrogens (tertiary/aromatic N) is 2. The molecule has 0 aliphatic rings. The molecule has 0 aliphatic carbocycles. The molecule has 0 saturated heterocycles. The number of aromatic amines is 1. The SMILES string of the molecule is Cc1[nH]n2c(=O)cc(C(=O)NCC(C)(C)c3ccc(F)cc3)nc2c1-c1ccccc1. The van der Waals surface area contributed by atoms with E-state index in [1.54, 1.807) is 12.1 Å². The summed E-state index contributed by atoms with van der Waals surface area (Å²) in [6.45, 7) is 6.07. The number of nitrogens with one attached hydrogen (secondary N) is 2. The van der Waals surface area contributed by atoms with Crippen molar-refractivity contribution in [3.05, 3.63) is 93.8 Å². The van der Waals surface area contributed by atoms with Crippen molar-refractivity contribution in [1.82, 2.24) is 19.9 Å². The van der Waals surface area contributed by atoms with Crippen LogP contribution in [0.25, 0.3) is 16.8 Å². The summed E-state index contributed by atoms with van der Waals surface area (Å²) in [5.74, 6) is -0.745. The Morgan fingerprint density at radius 2 is 1.81 bits per heavy atom. The predicted molar refractivity (Wildman–Crippen MR) is 118 cm³/mol. The lowest BCUT2D eigenvalue weighted by Gasteiger charge is -2.25. The quantitative estimate of drug-likeness (QED) is 0.517. The second-order valence-electron chi connectivity index (χ2n) is 8.19. The number of aryl methyl sites for hydroxylation is 1. The van der Waals surface area contributed by atoms with Gasteiger partial charge in [-0.2, -0.15) is 0 Å². The largest absolute Gasteiger partial charge is 0.350 e. The molecule has 0 bridgehead atoms. The van der Waals surface area contributed by atoms with Gasteiger partial charge in [-0.3, -0.25) is 14.7 Å². The van der Waals surface area contributed by atoms with Crippen molar-refractivity contribution >= 4 is 11.6 Å². The van der Waals surface area contributed by atoms with Crippen molar-refractivity contribution in [2.24, 2.45) is 0 Å². The summed E-state index contributed by atoms with van der Waals surface area (Å²) in [6, 6.07) is 17.0. The Hall–Kier alpha value is -3.74. The number of fused-ring (bicyclic) bond motifs is 1. The van der Waals surface area contributed by atoms with Crippen molar-refractivity contribution in [3.8, 4) is 11.1 Å². The maximum absolute atomic E-state index is 13.2. The molecule has 0 unspecified atom stereocenters. The van der Waals surface area contributed by atoms with Gasteiger partial charge in [-0.1, -0.05) is 56.3 Å². The van der Waals surface area contributed by atoms with Gasteiger partial charge in [-0.15, -0.1) is 0 Å². The van der Waals surface area contributed by atoms with Crippen LogP contribution < -0.4 is 10.9 Å². The van der Waals surface area contributed by atoms with E-state index in [1.807, 2.05) is 51.1 Å². The minimum absolute atomic E-state index is 0.0519. The van der Waals surface area contributed by atoms with E-state index >= 15 is 0 Å². The third-order valence-corrected chi connectivity index (χ3v) is 5.41. The zero-order valence-corrected chi connectivity index (χ0v) is 17.6. The van der Waals surface area contributed by atoms with Gasteiger partial charge in [-0.25, -0.2) is 13.9 Å². The molecule has 0 fully saturated rings. The van der Waals surface area contributed by atoms with Gasteiger partial charge in [0, 0.05) is 29.3 Å². The van der Waals surface area contributed by atoms with Crippen molar-refractivity contribution in [1.29, 1.82) is 0 Å². The Kier molecular flexibility index (Phi) is 5.19. The van der Waals surface area contributed by atoms with Crippen LogP contribution in [0.4, 0.5) is 4.39 Å². The number of hydrogen-bond acceptors (Lipinski definition) is 3. The van der Waals surface area contributed by atoms with E-state index < -0.39 is 11.3 Å². The van der Waals surface area contributed by atoms with Gasteiger partial charge in [-0.05, 0) is 30.2 Å². The molecule has 7 heteroatoms. The first-order valence-electron chi connectivity index (χ1n) is 9.98. The Morgan fingerprint density at radius 1 is 1.13 bits per heavy atom. The lowest BCUT2D eigenvalue weighted by atomic mass is 9.84. The summed E-state index contributed by atoms with van der Waals surface area (Å²) >= 11 is 0. The fourth-order valence-electron chi connectivity index (χ4n) is 3.61. The molecule has 0 saturated carbocycles. The summed E-state index contributed by atoms with van der Waals surface area (Å²) in [5, 5.41) is 5.88. The molecule has 0 spiro atoms. The average Bonchev–Trinajstić information content (AvgIpc) is 3.09. The summed E-state index contributed by atoms with van der Waals surface area (Å²) in [4.78, 5) is 30.0. The number of carbonyl (C=O) groups excluding carboxylic acids is 1. The highest BCUT2D eigenvalue weighted by Gasteiger charge is 2.23. The Morgan fingerprint density at radius 3 is 2.48 bits per heavy atom. The highest BCUT2D eigenvalue weighted by atomic mass is 19.1. The Balaban J connectivity index is 1.64. The molecule has 31 heavy (non-hydrogen) atoms. The Bertz CT molecular complexity index is 1310. The maximum Gasteiger partial charge on any atom is 0.273 e. The third-order valence-electron chi connectivity index (χ3n) is 5.41. The molecule has 0 aliphatic heterocycles. The Labute approximate surface area is 178 Å². The zero-order chi connectivity index (χ0) is 22.2. The molecule has 2 aromatic heterocycles. The van der Waals surface area contributed by atoms with Crippen LogP contribution in [-0.4, -0.2) is 27.0 Å². The molecular formula is C24H23FN4O2. The molecule has 6 nitrogen and oxygen atoms in total. The van der Waals surface area contributed by atoms with Gasteiger partial charge in [0.15, 0.2) is 5.65 Å². The number of benzene rings is 2. The van der Waals surface area contributed by atoms with Crippen LogP contribution in [0, 0.1) is 12.7 Å². The molecule has 4 aromatic rings. The van der Waals surface area contributed by atoms with Crippen molar-refractivity contribution < 1.29 is 9.18 Å². The molecule has 2 N–H and O–H groups in total. The fraction of sp³-hybridized carbons (Fsp3) is 0.208. The van der Waals surface area contributed by atoms with E-state index in [4.69, 9.17) is 0 Å². The number of hydrogen-bond donors (Lipinski definition) is 2. The molecule has 2 aromatic carbocycles. The van der Waals surface area contributed by atoms with Gasteiger partial charge in [0.25, 0.3) is 11.5 Å². The van der Waals surface area contributed by atoms with E-state index in [2.05, 4.69) is 15.4 Å². The number of amides is 1. The van der Waals surface area contributed by atoms with Crippen LogP contribution in [0.15, 0.2) is 65.5 Å². The molecule has 2 heterocycles. The molecule has 158 valence electrons. The van der Waals surface area contributed by atoms with Crippen LogP contribution in [0.5, 0.6) is 0 Å². The molecule has 1 amide bonds. The monoisotopic (exact) mass is 418 g/mol. The average molecular weight is 418 g/mol.